The van der Waals surface area contributed by atoms with Crippen molar-refractivity contribution in [3.05, 3.63) is 94.6 Å². The molecule has 2 aliphatic heterocycles. The first-order valence-electron chi connectivity index (χ1n) is 14.5. The van der Waals surface area contributed by atoms with E-state index >= 15 is 0 Å². The number of morpholine rings is 1. The van der Waals surface area contributed by atoms with Gasteiger partial charge in [-0.05, 0) is 60.9 Å². The molecule has 0 bridgehead atoms. The Hall–Kier alpha value is -4.34. The summed E-state index contributed by atoms with van der Waals surface area (Å²) >= 11 is 0. The molecule has 2 aliphatic rings. The van der Waals surface area contributed by atoms with E-state index in [2.05, 4.69) is 11.0 Å². The lowest BCUT2D eigenvalue weighted by Gasteiger charge is -2.29. The van der Waals surface area contributed by atoms with E-state index in [0.717, 1.165) is 30.8 Å². The van der Waals surface area contributed by atoms with Crippen molar-refractivity contribution in [1.82, 2.24) is 9.80 Å². The molecule has 1 N–H and O–H groups in total. The quantitative estimate of drug-likeness (QED) is 0.196. The molecule has 9 nitrogen and oxygen atoms in total. The predicted octanol–water partition coefficient (Wildman–Crippen LogP) is 4.74. The van der Waals surface area contributed by atoms with Gasteiger partial charge in [-0.25, -0.2) is 0 Å². The highest BCUT2D eigenvalue weighted by Crippen LogP contribution is 2.42. The molecule has 43 heavy (non-hydrogen) atoms. The Labute approximate surface area is 252 Å². The standard InChI is InChI=1S/C34H38N2O7/c1-23-6-4-7-24(20-23)22-43-27-11-8-25(9-12-27)32(37)30-31(26-10-13-28(40-2)29(21-26)41-3)36(34(39)33(30)38)15-5-14-35-16-18-42-19-17-35/h4,6-13,20-21,31,37H,5,14-19,22H2,1-3H3. The maximum atomic E-state index is 13.5. The van der Waals surface area contributed by atoms with Crippen LogP contribution in [0.5, 0.6) is 17.2 Å². The third kappa shape index (κ3) is 6.84. The summed E-state index contributed by atoms with van der Waals surface area (Å²) in [7, 11) is 3.08. The van der Waals surface area contributed by atoms with Gasteiger partial charge in [0.2, 0.25) is 0 Å². The number of aliphatic hydroxyl groups is 1. The molecule has 5 rings (SSSR count). The van der Waals surface area contributed by atoms with Crippen molar-refractivity contribution in [1.29, 1.82) is 0 Å². The minimum absolute atomic E-state index is 0.0389. The first-order valence-corrected chi connectivity index (χ1v) is 14.5. The van der Waals surface area contributed by atoms with E-state index in [1.807, 2.05) is 25.1 Å². The number of ether oxygens (including phenoxy) is 4. The van der Waals surface area contributed by atoms with Crippen LogP contribution in [0, 0.1) is 6.92 Å². The van der Waals surface area contributed by atoms with Gasteiger partial charge < -0.3 is 29.0 Å². The molecule has 0 radical (unpaired) electrons. The number of amides is 1. The fraction of sp³-hybridized carbons (Fsp3) is 0.353. The summed E-state index contributed by atoms with van der Waals surface area (Å²) in [6, 6.07) is 19.5. The van der Waals surface area contributed by atoms with Crippen molar-refractivity contribution < 1.29 is 33.6 Å². The molecule has 2 heterocycles. The Morgan fingerprint density at radius 1 is 0.930 bits per heavy atom. The van der Waals surface area contributed by atoms with Gasteiger partial charge in [-0.3, -0.25) is 14.5 Å². The maximum absolute atomic E-state index is 13.5. The molecule has 1 amide bonds. The number of carbonyl (C=O) groups excluding carboxylic acids is 2. The molecule has 0 aliphatic carbocycles. The van der Waals surface area contributed by atoms with Crippen LogP contribution in [0.4, 0.5) is 0 Å². The molecule has 1 unspecified atom stereocenters. The van der Waals surface area contributed by atoms with E-state index in [1.54, 1.807) is 54.5 Å². The van der Waals surface area contributed by atoms with Crippen molar-refractivity contribution in [3.8, 4) is 17.2 Å². The van der Waals surface area contributed by atoms with Crippen LogP contribution in [0.25, 0.3) is 5.76 Å². The number of ketones is 1. The van der Waals surface area contributed by atoms with Crippen molar-refractivity contribution in [3.63, 3.8) is 0 Å². The number of nitrogens with zero attached hydrogens (tertiary/aromatic N) is 2. The predicted molar refractivity (Wildman–Crippen MR) is 162 cm³/mol. The Bertz CT molecular complexity index is 1480. The number of hydrogen-bond donors (Lipinski definition) is 1. The highest BCUT2D eigenvalue weighted by molar-refractivity contribution is 6.46. The Kier molecular flexibility index (Phi) is 9.64. The average molecular weight is 587 g/mol. The van der Waals surface area contributed by atoms with Gasteiger partial charge in [0, 0.05) is 31.7 Å². The van der Waals surface area contributed by atoms with Crippen LogP contribution in [0.2, 0.25) is 0 Å². The largest absolute Gasteiger partial charge is 0.507 e. The van der Waals surface area contributed by atoms with Gasteiger partial charge >= 0.3 is 0 Å². The zero-order valence-electron chi connectivity index (χ0n) is 24.9. The van der Waals surface area contributed by atoms with Crippen molar-refractivity contribution in [2.24, 2.45) is 0 Å². The van der Waals surface area contributed by atoms with Crippen LogP contribution in [0.1, 0.15) is 34.7 Å². The van der Waals surface area contributed by atoms with Gasteiger partial charge in [-0.2, -0.15) is 0 Å². The number of aryl methyl sites for hydroxylation is 1. The van der Waals surface area contributed by atoms with Crippen molar-refractivity contribution >= 4 is 17.4 Å². The molecule has 0 saturated carbocycles. The summed E-state index contributed by atoms with van der Waals surface area (Å²) < 4.78 is 22.3. The fourth-order valence-corrected chi connectivity index (χ4v) is 5.60. The number of Topliss-reactive ketones (excluding diaryl/α,β-unsaturated/α-hetero) is 1. The van der Waals surface area contributed by atoms with Crippen LogP contribution in [-0.4, -0.2) is 80.2 Å². The van der Waals surface area contributed by atoms with E-state index in [4.69, 9.17) is 18.9 Å². The molecule has 0 spiro atoms. The number of hydrogen-bond acceptors (Lipinski definition) is 8. The van der Waals surface area contributed by atoms with Crippen LogP contribution < -0.4 is 14.2 Å². The lowest BCUT2D eigenvalue weighted by atomic mass is 9.95. The van der Waals surface area contributed by atoms with Crippen LogP contribution in [0.3, 0.4) is 0 Å². The number of carbonyl (C=O) groups is 2. The lowest BCUT2D eigenvalue weighted by molar-refractivity contribution is -0.140. The molecule has 226 valence electrons. The fourth-order valence-electron chi connectivity index (χ4n) is 5.60. The van der Waals surface area contributed by atoms with Gasteiger partial charge in [-0.15, -0.1) is 0 Å². The number of rotatable bonds is 11. The zero-order valence-corrected chi connectivity index (χ0v) is 24.9. The molecular weight excluding hydrogens is 548 g/mol. The van der Waals surface area contributed by atoms with E-state index in [9.17, 15) is 14.7 Å². The summed E-state index contributed by atoms with van der Waals surface area (Å²) in [4.78, 5) is 30.7. The number of benzene rings is 3. The van der Waals surface area contributed by atoms with E-state index in [1.165, 1.54) is 7.11 Å². The summed E-state index contributed by atoms with van der Waals surface area (Å²) in [5.74, 6) is 0.0211. The second kappa shape index (κ2) is 13.8. The molecule has 0 aromatic heterocycles. The van der Waals surface area contributed by atoms with Gasteiger partial charge in [0.05, 0.1) is 39.0 Å². The molecular formula is C34H38N2O7. The topological polar surface area (TPSA) is 97.8 Å². The van der Waals surface area contributed by atoms with Gasteiger partial charge in [0.15, 0.2) is 11.5 Å². The summed E-state index contributed by atoms with van der Waals surface area (Å²) in [5, 5.41) is 11.5. The van der Waals surface area contributed by atoms with E-state index < -0.39 is 17.7 Å². The molecule has 2 saturated heterocycles. The highest BCUT2D eigenvalue weighted by Gasteiger charge is 2.46. The van der Waals surface area contributed by atoms with Crippen LogP contribution in [0.15, 0.2) is 72.3 Å². The van der Waals surface area contributed by atoms with Gasteiger partial charge in [0.25, 0.3) is 11.7 Å². The number of aliphatic hydroxyl groups excluding tert-OH is 1. The lowest BCUT2D eigenvalue weighted by Crippen LogP contribution is -2.38. The minimum Gasteiger partial charge on any atom is -0.507 e. The Morgan fingerprint density at radius 2 is 1.67 bits per heavy atom. The Balaban J connectivity index is 1.43. The smallest absolute Gasteiger partial charge is 0.295 e. The van der Waals surface area contributed by atoms with E-state index in [0.29, 0.717) is 61.2 Å². The Morgan fingerprint density at radius 3 is 2.37 bits per heavy atom. The SMILES string of the molecule is COc1ccc(C2C(=C(O)c3ccc(OCc4cccc(C)c4)cc3)C(=O)C(=O)N2CCCN2CCOCC2)cc1OC. The number of likely N-dealkylation sites (tertiary alicyclic amines) is 1. The molecule has 1 atom stereocenters. The summed E-state index contributed by atoms with van der Waals surface area (Å²) in [6.07, 6.45) is 0.670. The molecule has 3 aromatic rings. The van der Waals surface area contributed by atoms with Crippen molar-refractivity contribution in [2.45, 2.75) is 26.0 Å². The third-order valence-corrected chi connectivity index (χ3v) is 7.86. The molecule has 2 fully saturated rings. The van der Waals surface area contributed by atoms with Crippen LogP contribution in [-0.2, 0) is 20.9 Å². The molecule has 9 heteroatoms. The highest BCUT2D eigenvalue weighted by atomic mass is 16.5. The van der Waals surface area contributed by atoms with Crippen molar-refractivity contribution in [2.75, 3.05) is 53.6 Å². The monoisotopic (exact) mass is 586 g/mol. The third-order valence-electron chi connectivity index (χ3n) is 7.86. The minimum atomic E-state index is -0.790. The first kappa shape index (κ1) is 30.1. The summed E-state index contributed by atoms with van der Waals surface area (Å²) in [5.41, 5.74) is 3.30. The van der Waals surface area contributed by atoms with Gasteiger partial charge in [0.1, 0.15) is 18.1 Å². The zero-order chi connectivity index (χ0) is 30.3. The number of methoxy groups -OCH3 is 2. The normalized spacial score (nSPS) is 18.6. The maximum Gasteiger partial charge on any atom is 0.295 e. The first-order chi connectivity index (χ1) is 20.9. The van der Waals surface area contributed by atoms with E-state index in [-0.39, 0.29) is 11.3 Å². The molecule has 3 aromatic carbocycles. The van der Waals surface area contributed by atoms with Gasteiger partial charge in [-0.1, -0.05) is 35.9 Å². The second-order valence-electron chi connectivity index (χ2n) is 10.7. The average Bonchev–Trinajstić information content (AvgIpc) is 3.29. The second-order valence-corrected chi connectivity index (χ2v) is 10.7. The summed E-state index contributed by atoms with van der Waals surface area (Å²) in [6.45, 7) is 6.60. The van der Waals surface area contributed by atoms with Crippen LogP contribution >= 0.6 is 0 Å².